The molecule has 0 radical (unpaired) electrons. The van der Waals surface area contributed by atoms with Gasteiger partial charge in [0.15, 0.2) is 0 Å². The predicted molar refractivity (Wildman–Crippen MR) is 109 cm³/mol. The summed E-state index contributed by atoms with van der Waals surface area (Å²) in [5, 5.41) is 7.83. The van der Waals surface area contributed by atoms with Crippen LogP contribution < -0.4 is 0 Å². The summed E-state index contributed by atoms with van der Waals surface area (Å²) in [4.78, 5) is 32.9. The topological polar surface area (TPSA) is 79.5 Å². The van der Waals surface area contributed by atoms with Crippen LogP contribution in [0.25, 0.3) is 11.4 Å². The van der Waals surface area contributed by atoms with Gasteiger partial charge in [-0.1, -0.05) is 17.3 Å². The van der Waals surface area contributed by atoms with Crippen LogP contribution in [0.15, 0.2) is 45.6 Å². The highest BCUT2D eigenvalue weighted by atomic mass is 32.1. The van der Waals surface area contributed by atoms with Crippen LogP contribution in [0, 0.1) is 5.82 Å². The van der Waals surface area contributed by atoms with E-state index in [1.165, 1.54) is 12.1 Å². The number of halogens is 1. The summed E-state index contributed by atoms with van der Waals surface area (Å²) in [6.07, 6.45) is 1.27. The molecule has 1 aliphatic heterocycles. The second-order valence-corrected chi connectivity index (χ2v) is 7.81. The molecule has 0 bridgehead atoms. The van der Waals surface area contributed by atoms with E-state index in [1.54, 1.807) is 33.3 Å². The zero-order chi connectivity index (χ0) is 20.9. The molecule has 7 nitrogen and oxygen atoms in total. The van der Waals surface area contributed by atoms with Crippen molar-refractivity contribution >= 4 is 23.2 Å². The van der Waals surface area contributed by atoms with Crippen LogP contribution in [-0.4, -0.2) is 57.9 Å². The molecule has 4 rings (SSSR count). The third kappa shape index (κ3) is 4.56. The average Bonchev–Trinajstić information content (AvgIpc) is 3.39. The van der Waals surface area contributed by atoms with Gasteiger partial charge in [-0.25, -0.2) is 4.39 Å². The Morgan fingerprint density at radius 2 is 1.90 bits per heavy atom. The van der Waals surface area contributed by atoms with Crippen LogP contribution in [0.1, 0.15) is 29.1 Å². The monoisotopic (exact) mass is 428 g/mol. The minimum Gasteiger partial charge on any atom is -0.341 e. The first kappa shape index (κ1) is 20.2. The highest BCUT2D eigenvalue weighted by molar-refractivity contribution is 7.08. The lowest BCUT2D eigenvalue weighted by molar-refractivity contribution is -0.131. The van der Waals surface area contributed by atoms with Crippen LogP contribution >= 0.6 is 11.3 Å². The number of hydrogen-bond acceptors (Lipinski definition) is 6. The quantitative estimate of drug-likeness (QED) is 0.623. The van der Waals surface area contributed by atoms with Crippen LogP contribution in [0.3, 0.4) is 0 Å². The van der Waals surface area contributed by atoms with Crippen LogP contribution in [0.5, 0.6) is 0 Å². The minimum absolute atomic E-state index is 0.0227. The van der Waals surface area contributed by atoms with Crippen molar-refractivity contribution in [1.82, 2.24) is 19.9 Å². The fraction of sp³-hybridized carbons (Fsp3) is 0.333. The number of thiophene rings is 1. The lowest BCUT2D eigenvalue weighted by Crippen LogP contribution is -2.37. The van der Waals surface area contributed by atoms with E-state index in [-0.39, 0.29) is 23.8 Å². The van der Waals surface area contributed by atoms with E-state index >= 15 is 0 Å². The first-order chi connectivity index (χ1) is 14.6. The number of benzene rings is 1. The molecule has 3 heterocycles. The maximum absolute atomic E-state index is 13.9. The molecule has 1 aliphatic rings. The summed E-state index contributed by atoms with van der Waals surface area (Å²) < 4.78 is 19.2. The summed E-state index contributed by atoms with van der Waals surface area (Å²) in [5.74, 6) is 0.0623. The third-order valence-electron chi connectivity index (χ3n) is 5.04. The summed E-state index contributed by atoms with van der Waals surface area (Å²) in [6.45, 7) is 1.85. The summed E-state index contributed by atoms with van der Waals surface area (Å²) in [7, 11) is 0. The number of aromatic nitrogens is 2. The van der Waals surface area contributed by atoms with E-state index in [1.807, 2.05) is 16.8 Å². The second-order valence-electron chi connectivity index (χ2n) is 7.03. The smallest absolute Gasteiger partial charge is 0.256 e. The van der Waals surface area contributed by atoms with Crippen LogP contribution in [0.4, 0.5) is 4.39 Å². The maximum atomic E-state index is 13.9. The van der Waals surface area contributed by atoms with E-state index < -0.39 is 5.82 Å². The Morgan fingerprint density at radius 3 is 2.70 bits per heavy atom. The van der Waals surface area contributed by atoms with Crippen molar-refractivity contribution < 1.29 is 18.5 Å². The summed E-state index contributed by atoms with van der Waals surface area (Å²) >= 11 is 1.55. The summed E-state index contributed by atoms with van der Waals surface area (Å²) in [5.41, 5.74) is 0.962. The van der Waals surface area contributed by atoms with Gasteiger partial charge in [0, 0.05) is 50.0 Å². The molecular formula is C21H21FN4O3S. The van der Waals surface area contributed by atoms with Gasteiger partial charge in [0.05, 0.1) is 5.56 Å². The minimum atomic E-state index is -0.527. The predicted octanol–water partition coefficient (Wildman–Crippen LogP) is 3.24. The molecule has 1 aromatic carbocycles. The highest BCUT2D eigenvalue weighted by Crippen LogP contribution is 2.19. The van der Waals surface area contributed by atoms with Crippen LogP contribution in [-0.2, 0) is 11.2 Å². The molecule has 0 saturated carbocycles. The second kappa shape index (κ2) is 9.17. The summed E-state index contributed by atoms with van der Waals surface area (Å²) in [6, 6.07) is 7.88. The van der Waals surface area contributed by atoms with E-state index in [9.17, 15) is 14.0 Å². The fourth-order valence-corrected chi connectivity index (χ4v) is 4.05. The lowest BCUT2D eigenvalue weighted by Gasteiger charge is -2.22. The number of rotatable bonds is 5. The van der Waals surface area contributed by atoms with Crippen molar-refractivity contribution in [2.24, 2.45) is 0 Å². The number of carbonyl (C=O) groups excluding carboxylic acids is 2. The third-order valence-corrected chi connectivity index (χ3v) is 5.72. The zero-order valence-electron chi connectivity index (χ0n) is 16.3. The largest absolute Gasteiger partial charge is 0.341 e. The Labute approximate surface area is 177 Å². The van der Waals surface area contributed by atoms with Crippen molar-refractivity contribution in [3.05, 3.63) is 58.4 Å². The molecule has 1 fully saturated rings. The Morgan fingerprint density at radius 1 is 1.10 bits per heavy atom. The zero-order valence-corrected chi connectivity index (χ0v) is 17.1. The fourth-order valence-electron chi connectivity index (χ4n) is 3.41. The Bertz CT molecular complexity index is 1020. The molecule has 156 valence electrons. The number of carbonyl (C=O) groups is 2. The van der Waals surface area contributed by atoms with Crippen molar-refractivity contribution in [3.8, 4) is 11.4 Å². The average molecular weight is 428 g/mol. The van der Waals surface area contributed by atoms with Crippen molar-refractivity contribution in [2.45, 2.75) is 19.3 Å². The van der Waals surface area contributed by atoms with Gasteiger partial charge in [-0.3, -0.25) is 9.59 Å². The van der Waals surface area contributed by atoms with Crippen LogP contribution in [0.2, 0.25) is 0 Å². The van der Waals surface area contributed by atoms with Gasteiger partial charge in [-0.15, -0.1) is 0 Å². The van der Waals surface area contributed by atoms with E-state index in [0.717, 1.165) is 5.56 Å². The Kier molecular flexibility index (Phi) is 6.18. The Balaban J connectivity index is 1.30. The number of nitrogens with zero attached hydrogens (tertiary/aromatic N) is 4. The van der Waals surface area contributed by atoms with Gasteiger partial charge in [-0.05, 0) is 30.0 Å². The lowest BCUT2D eigenvalue weighted by atomic mass is 10.2. The molecule has 0 atom stereocenters. The molecule has 2 amide bonds. The first-order valence-electron chi connectivity index (χ1n) is 9.78. The van der Waals surface area contributed by atoms with E-state index in [4.69, 9.17) is 4.52 Å². The number of amides is 2. The van der Waals surface area contributed by atoms with Gasteiger partial charge in [0.1, 0.15) is 5.82 Å². The maximum Gasteiger partial charge on any atom is 0.256 e. The van der Waals surface area contributed by atoms with Crippen molar-refractivity contribution in [1.29, 1.82) is 0 Å². The molecule has 30 heavy (non-hydrogen) atoms. The van der Waals surface area contributed by atoms with Crippen molar-refractivity contribution in [3.63, 3.8) is 0 Å². The molecule has 3 aromatic rings. The van der Waals surface area contributed by atoms with Gasteiger partial charge in [0.2, 0.25) is 17.6 Å². The molecule has 0 N–H and O–H groups in total. The van der Waals surface area contributed by atoms with E-state index in [2.05, 4.69) is 10.1 Å². The van der Waals surface area contributed by atoms with Gasteiger partial charge >= 0.3 is 0 Å². The van der Waals surface area contributed by atoms with Gasteiger partial charge < -0.3 is 14.3 Å². The number of hydrogen-bond donors (Lipinski definition) is 0. The SMILES string of the molecule is O=C(CCc1nc(-c2ccsc2)no1)N1CCCN(C(=O)c2ccccc2F)CC1. The standard InChI is InChI=1S/C21H21FN4O3S/c22-17-5-2-1-4-16(17)21(28)26-10-3-9-25(11-12-26)19(27)7-6-18-23-20(24-29-18)15-8-13-30-14-15/h1-2,4-5,8,13-14H,3,6-7,9-12H2. The van der Waals surface area contributed by atoms with Gasteiger partial charge in [0.25, 0.3) is 5.91 Å². The highest BCUT2D eigenvalue weighted by Gasteiger charge is 2.24. The van der Waals surface area contributed by atoms with Crippen molar-refractivity contribution in [2.75, 3.05) is 26.2 Å². The molecule has 0 aliphatic carbocycles. The number of aryl methyl sites for hydroxylation is 1. The van der Waals surface area contributed by atoms with Gasteiger partial charge in [-0.2, -0.15) is 16.3 Å². The first-order valence-corrected chi connectivity index (χ1v) is 10.7. The van der Waals surface area contributed by atoms with E-state index in [0.29, 0.717) is 50.7 Å². The molecule has 0 spiro atoms. The molecule has 0 unspecified atom stereocenters. The Hall–Kier alpha value is -3.07. The molecule has 2 aromatic heterocycles. The molecule has 9 heteroatoms. The molecular weight excluding hydrogens is 407 g/mol. The molecule has 1 saturated heterocycles. The normalized spacial score (nSPS) is 14.6.